The van der Waals surface area contributed by atoms with Gasteiger partial charge >= 0.3 is 18.0 Å². The van der Waals surface area contributed by atoms with Gasteiger partial charge in [0, 0.05) is 29.4 Å². The third-order valence-corrected chi connectivity index (χ3v) is 4.67. The molecule has 0 amide bonds. The van der Waals surface area contributed by atoms with Gasteiger partial charge < -0.3 is 21.5 Å². The molecule has 3 aromatic rings. The van der Waals surface area contributed by atoms with Crippen molar-refractivity contribution in [3.63, 3.8) is 0 Å². The van der Waals surface area contributed by atoms with Crippen LogP contribution in [0.25, 0.3) is 22.6 Å². The van der Waals surface area contributed by atoms with Gasteiger partial charge in [-0.3, -0.25) is 0 Å². The van der Waals surface area contributed by atoms with Gasteiger partial charge in [0.1, 0.15) is 5.82 Å². The zero-order valence-corrected chi connectivity index (χ0v) is 15.9. The summed E-state index contributed by atoms with van der Waals surface area (Å²) in [6.45, 7) is 0.576. The van der Waals surface area contributed by atoms with E-state index in [1.54, 1.807) is 6.20 Å². The van der Waals surface area contributed by atoms with Crippen molar-refractivity contribution in [2.45, 2.75) is 24.6 Å². The summed E-state index contributed by atoms with van der Waals surface area (Å²) in [5.41, 5.74) is 1.30. The second kappa shape index (κ2) is 6.86. The number of benzene rings is 2. The lowest BCUT2D eigenvalue weighted by molar-refractivity contribution is -0.359. The largest absolute Gasteiger partial charge is 1.00 e. The van der Waals surface area contributed by atoms with Crippen LogP contribution < -0.4 is 17.0 Å². The van der Waals surface area contributed by atoms with Crippen molar-refractivity contribution >= 4 is 0 Å². The third-order valence-electron chi connectivity index (χ3n) is 4.67. The van der Waals surface area contributed by atoms with E-state index in [0.717, 1.165) is 23.3 Å². The number of alkyl halides is 7. The van der Waals surface area contributed by atoms with Crippen LogP contribution >= 0.6 is 0 Å². The summed E-state index contributed by atoms with van der Waals surface area (Å²) in [6, 6.07) is 10.8. The molecule has 0 aliphatic carbocycles. The molecule has 0 saturated carbocycles. The molecule has 0 radical (unpaired) electrons. The first kappa shape index (κ1) is 21.4. The van der Waals surface area contributed by atoms with E-state index in [2.05, 4.69) is 4.98 Å². The zero-order valence-electron chi connectivity index (χ0n) is 14.3. The van der Waals surface area contributed by atoms with E-state index in [9.17, 15) is 30.7 Å². The first-order chi connectivity index (χ1) is 13.0. The van der Waals surface area contributed by atoms with Crippen molar-refractivity contribution in [3.05, 3.63) is 65.9 Å². The lowest BCUT2D eigenvalue weighted by Crippen LogP contribution is -3.00. The first-order valence-electron chi connectivity index (χ1n) is 8.11. The summed E-state index contributed by atoms with van der Waals surface area (Å²) in [6.07, 6.45) is -4.69. The fraction of sp³-hybridized carbons (Fsp3) is 0.211. The standard InChI is InChI=1S/C19H11F7N2.BrH/c20-17(21,18(22,23)19(24,25)26)13-7-5-11(6-8-13)15-10-28-9-12-3-1-2-4-14(12)16(28)27-15;/h1-8,10H,9H2;1H/p-1. The van der Waals surface area contributed by atoms with Crippen LogP contribution in [0.4, 0.5) is 30.7 Å². The average molecular weight is 480 g/mol. The molecule has 2 heterocycles. The van der Waals surface area contributed by atoms with Gasteiger partial charge in [-0.1, -0.05) is 48.5 Å². The molecule has 4 rings (SSSR count). The number of hydrogen-bond donors (Lipinski definition) is 0. The number of fused-ring (bicyclic) bond motifs is 3. The minimum absolute atomic E-state index is 0. The van der Waals surface area contributed by atoms with Gasteiger partial charge in [-0.05, 0) is 5.56 Å². The Morgan fingerprint density at radius 2 is 1.45 bits per heavy atom. The van der Waals surface area contributed by atoms with Gasteiger partial charge in [0.05, 0.1) is 5.69 Å². The average Bonchev–Trinajstić information content (AvgIpc) is 3.18. The highest BCUT2D eigenvalue weighted by atomic mass is 79.9. The topological polar surface area (TPSA) is 17.8 Å². The Labute approximate surface area is 170 Å². The molecule has 0 saturated heterocycles. The predicted octanol–water partition coefficient (Wildman–Crippen LogP) is 2.87. The number of aromatic nitrogens is 2. The van der Waals surface area contributed by atoms with Crippen LogP contribution in [-0.4, -0.2) is 21.6 Å². The maximum absolute atomic E-state index is 13.8. The van der Waals surface area contributed by atoms with Crippen molar-refractivity contribution in [2.75, 3.05) is 0 Å². The van der Waals surface area contributed by atoms with Crippen LogP contribution in [-0.2, 0) is 12.5 Å². The van der Waals surface area contributed by atoms with Crippen LogP contribution in [0.15, 0.2) is 54.7 Å². The van der Waals surface area contributed by atoms with Crippen molar-refractivity contribution in [1.29, 1.82) is 0 Å². The summed E-state index contributed by atoms with van der Waals surface area (Å²) in [7, 11) is 0. The monoisotopic (exact) mass is 479 g/mol. The number of rotatable bonds is 3. The van der Waals surface area contributed by atoms with Crippen molar-refractivity contribution in [3.8, 4) is 22.6 Å². The number of nitrogens with zero attached hydrogens (tertiary/aromatic N) is 2. The summed E-state index contributed by atoms with van der Waals surface area (Å²) >= 11 is 0. The molecule has 0 bridgehead atoms. The molecular weight excluding hydrogens is 469 g/mol. The van der Waals surface area contributed by atoms with Gasteiger partial charge in [-0.15, -0.1) is 0 Å². The molecule has 2 nitrogen and oxygen atoms in total. The maximum atomic E-state index is 13.8. The highest BCUT2D eigenvalue weighted by Gasteiger charge is 2.73. The third kappa shape index (κ3) is 3.23. The normalized spacial score (nSPS) is 13.6. The number of hydrogen-bond acceptors (Lipinski definition) is 1. The quantitative estimate of drug-likeness (QED) is 0.413. The molecule has 0 atom stereocenters. The second-order valence-electron chi connectivity index (χ2n) is 6.46. The Kier molecular flexibility index (Phi) is 5.05. The Balaban J connectivity index is 0.00000240. The fourth-order valence-corrected chi connectivity index (χ4v) is 3.16. The molecule has 10 heteroatoms. The van der Waals surface area contributed by atoms with E-state index < -0.39 is 23.6 Å². The summed E-state index contributed by atoms with van der Waals surface area (Å²) in [4.78, 5) is 4.43. The molecule has 29 heavy (non-hydrogen) atoms. The Morgan fingerprint density at radius 1 is 0.828 bits per heavy atom. The molecule has 0 spiro atoms. The zero-order chi connectivity index (χ0) is 20.3. The molecule has 0 unspecified atom stereocenters. The minimum atomic E-state index is -6.37. The van der Waals surface area contributed by atoms with E-state index in [1.165, 1.54) is 0 Å². The highest BCUT2D eigenvalue weighted by Crippen LogP contribution is 2.51. The van der Waals surface area contributed by atoms with Crippen LogP contribution in [0.1, 0.15) is 11.1 Å². The molecule has 1 aliphatic rings. The summed E-state index contributed by atoms with van der Waals surface area (Å²) in [5.74, 6) is -10.9. The summed E-state index contributed by atoms with van der Waals surface area (Å²) < 4.78 is 92.7. The summed E-state index contributed by atoms with van der Waals surface area (Å²) in [5, 5.41) is 0. The molecule has 1 aromatic heterocycles. The molecule has 154 valence electrons. The SMILES string of the molecule is FC(F)(F)C(F)(F)C(F)(F)c1ccc(-c2cn3c(n2)-c2ccccc2C3)cc1.[Br-]. The fourth-order valence-electron chi connectivity index (χ4n) is 3.16. The van der Waals surface area contributed by atoms with Crippen LogP contribution in [0.3, 0.4) is 0 Å². The molecule has 2 aromatic carbocycles. The number of imidazole rings is 1. The van der Waals surface area contributed by atoms with Crippen LogP contribution in [0.5, 0.6) is 0 Å². The van der Waals surface area contributed by atoms with Crippen molar-refractivity contribution < 1.29 is 47.7 Å². The highest BCUT2D eigenvalue weighted by molar-refractivity contribution is 5.70. The van der Waals surface area contributed by atoms with Crippen molar-refractivity contribution in [2.24, 2.45) is 0 Å². The molecular formula is C19H11BrF7N2-. The smallest absolute Gasteiger partial charge is 0.460 e. The maximum Gasteiger partial charge on any atom is 0.460 e. The van der Waals surface area contributed by atoms with Gasteiger partial charge in [0.25, 0.3) is 0 Å². The Morgan fingerprint density at radius 3 is 2.07 bits per heavy atom. The van der Waals surface area contributed by atoms with Crippen molar-refractivity contribution in [1.82, 2.24) is 9.55 Å². The van der Waals surface area contributed by atoms with E-state index in [1.807, 2.05) is 28.8 Å². The number of halogens is 8. The predicted molar refractivity (Wildman–Crippen MR) is 87.1 cm³/mol. The van der Waals surface area contributed by atoms with Gasteiger partial charge in [-0.2, -0.15) is 30.7 Å². The Hall–Kier alpha value is -2.36. The lowest BCUT2D eigenvalue weighted by atomic mass is 9.99. The Bertz CT molecular complexity index is 1040. The first-order valence-corrected chi connectivity index (χ1v) is 8.11. The van der Waals surface area contributed by atoms with E-state index >= 15 is 0 Å². The lowest BCUT2D eigenvalue weighted by Gasteiger charge is -2.28. The molecule has 1 aliphatic heterocycles. The molecule has 0 N–H and O–H groups in total. The van der Waals surface area contributed by atoms with E-state index in [0.29, 0.717) is 35.8 Å². The van der Waals surface area contributed by atoms with Gasteiger partial charge in [-0.25, -0.2) is 4.98 Å². The van der Waals surface area contributed by atoms with E-state index in [4.69, 9.17) is 0 Å². The van der Waals surface area contributed by atoms with Gasteiger partial charge in [0.2, 0.25) is 0 Å². The van der Waals surface area contributed by atoms with Crippen LogP contribution in [0, 0.1) is 0 Å². The second-order valence-corrected chi connectivity index (χ2v) is 6.46. The minimum Gasteiger partial charge on any atom is -1.00 e. The van der Waals surface area contributed by atoms with Crippen LogP contribution in [0.2, 0.25) is 0 Å². The van der Waals surface area contributed by atoms with E-state index in [-0.39, 0.29) is 17.0 Å². The molecule has 0 fully saturated rings. The van der Waals surface area contributed by atoms with Gasteiger partial charge in [0.15, 0.2) is 0 Å².